The van der Waals surface area contributed by atoms with Crippen LogP contribution in [0.25, 0.3) is 0 Å². The van der Waals surface area contributed by atoms with Crippen LogP contribution < -0.4 is 5.73 Å². The number of rotatable bonds is 2. The van der Waals surface area contributed by atoms with Crippen LogP contribution in [0.15, 0.2) is 0 Å². The summed E-state index contributed by atoms with van der Waals surface area (Å²) in [6, 6.07) is 0. The highest BCUT2D eigenvalue weighted by Gasteiger charge is 2.19. The molecule has 0 aliphatic heterocycles. The van der Waals surface area contributed by atoms with Crippen molar-refractivity contribution in [1.29, 1.82) is 0 Å². The third-order valence-corrected chi connectivity index (χ3v) is 4.05. The smallest absolute Gasteiger partial charge is 0.0894 e. The lowest BCUT2D eigenvalue weighted by atomic mass is 9.91. The van der Waals surface area contributed by atoms with Gasteiger partial charge in [-0.3, -0.25) is 0 Å². The van der Waals surface area contributed by atoms with Crippen LogP contribution in [0.2, 0.25) is 0 Å². The summed E-state index contributed by atoms with van der Waals surface area (Å²) in [6.45, 7) is 4.57. The van der Waals surface area contributed by atoms with Crippen LogP contribution >= 0.6 is 11.3 Å². The molecule has 1 aromatic rings. The van der Waals surface area contributed by atoms with Gasteiger partial charge in [0, 0.05) is 4.88 Å². The lowest BCUT2D eigenvalue weighted by Crippen LogP contribution is -2.04. The van der Waals surface area contributed by atoms with Gasteiger partial charge in [-0.25, -0.2) is 0 Å². The van der Waals surface area contributed by atoms with Crippen molar-refractivity contribution in [2.75, 3.05) is 5.73 Å². The van der Waals surface area contributed by atoms with Crippen molar-refractivity contribution in [3.8, 4) is 0 Å². The van der Waals surface area contributed by atoms with Crippen LogP contribution in [0.3, 0.4) is 0 Å². The molecule has 1 heterocycles. The highest BCUT2D eigenvalue weighted by Crippen LogP contribution is 2.37. The summed E-state index contributed by atoms with van der Waals surface area (Å²) >= 11 is 1.84. The molecule has 1 aliphatic rings. The Hall–Kier alpha value is -0.500. The van der Waals surface area contributed by atoms with Crippen molar-refractivity contribution >= 4 is 16.3 Å². The van der Waals surface area contributed by atoms with Gasteiger partial charge in [-0.1, -0.05) is 13.8 Å². The molecule has 0 radical (unpaired) electrons. The van der Waals surface area contributed by atoms with Gasteiger partial charge in [0.2, 0.25) is 0 Å². The molecule has 0 unspecified atom stereocenters. The maximum Gasteiger partial charge on any atom is 0.0894 e. The lowest BCUT2D eigenvalue weighted by molar-refractivity contribution is 0.636. The maximum absolute atomic E-state index is 6.06. The molecule has 1 nitrogen and oxygen atoms in total. The van der Waals surface area contributed by atoms with E-state index >= 15 is 0 Å². The number of nitrogens with two attached hydrogens (primary N) is 1. The average molecular weight is 209 g/mol. The van der Waals surface area contributed by atoms with Crippen molar-refractivity contribution in [2.45, 2.75) is 46.0 Å². The maximum atomic E-state index is 6.06. The summed E-state index contributed by atoms with van der Waals surface area (Å²) in [6.07, 6.45) is 6.38. The molecule has 1 aliphatic carbocycles. The second kappa shape index (κ2) is 3.93. The number of nitrogen functional groups attached to an aromatic ring is 1. The minimum atomic E-state index is 0.749. The Balaban J connectivity index is 2.31. The fourth-order valence-electron chi connectivity index (χ4n) is 2.28. The van der Waals surface area contributed by atoms with Crippen molar-refractivity contribution in [3.05, 3.63) is 16.0 Å². The van der Waals surface area contributed by atoms with E-state index in [1.54, 1.807) is 10.4 Å². The summed E-state index contributed by atoms with van der Waals surface area (Å²) < 4.78 is 0. The number of hydrogen-bond donors (Lipinski definition) is 1. The van der Waals surface area contributed by atoms with Crippen LogP contribution in [0.5, 0.6) is 0 Å². The first kappa shape index (κ1) is 10.0. The zero-order valence-electron chi connectivity index (χ0n) is 9.10. The van der Waals surface area contributed by atoms with E-state index in [0.717, 1.165) is 10.9 Å². The highest BCUT2D eigenvalue weighted by molar-refractivity contribution is 7.16. The molecule has 0 atom stereocenters. The molecule has 0 fully saturated rings. The molecule has 14 heavy (non-hydrogen) atoms. The Morgan fingerprint density at radius 2 is 1.86 bits per heavy atom. The quantitative estimate of drug-likeness (QED) is 0.793. The molecular formula is C12H19NS. The second-order valence-corrected chi connectivity index (χ2v) is 5.79. The molecule has 0 spiro atoms. The van der Waals surface area contributed by atoms with E-state index in [9.17, 15) is 0 Å². The van der Waals surface area contributed by atoms with E-state index in [0.29, 0.717) is 0 Å². The Kier molecular flexibility index (Phi) is 2.82. The number of fused-ring (bicyclic) bond motifs is 1. The number of hydrogen-bond acceptors (Lipinski definition) is 2. The minimum Gasteiger partial charge on any atom is -0.390 e. The van der Waals surface area contributed by atoms with Crippen LogP contribution in [0, 0.1) is 5.92 Å². The lowest BCUT2D eigenvalue weighted by Gasteiger charge is -2.14. The van der Waals surface area contributed by atoms with Crippen LogP contribution in [0.4, 0.5) is 5.00 Å². The average Bonchev–Trinajstić information content (AvgIpc) is 2.44. The van der Waals surface area contributed by atoms with Crippen molar-refractivity contribution in [1.82, 2.24) is 0 Å². The molecule has 2 rings (SSSR count). The summed E-state index contributed by atoms with van der Waals surface area (Å²) in [5.41, 5.74) is 9.14. The predicted molar refractivity (Wildman–Crippen MR) is 63.9 cm³/mol. The van der Waals surface area contributed by atoms with Gasteiger partial charge in [0.1, 0.15) is 0 Å². The molecule has 0 aromatic carbocycles. The van der Waals surface area contributed by atoms with Crippen LogP contribution in [-0.2, 0) is 19.3 Å². The Labute approximate surface area is 90.3 Å². The van der Waals surface area contributed by atoms with Gasteiger partial charge in [-0.2, -0.15) is 0 Å². The van der Waals surface area contributed by atoms with Crippen molar-refractivity contribution in [3.63, 3.8) is 0 Å². The van der Waals surface area contributed by atoms with E-state index in [1.165, 1.54) is 37.7 Å². The van der Waals surface area contributed by atoms with Gasteiger partial charge >= 0.3 is 0 Å². The fourth-order valence-corrected chi connectivity index (χ4v) is 3.66. The predicted octanol–water partition coefficient (Wildman–Crippen LogP) is 3.41. The molecule has 2 N–H and O–H groups in total. The molecule has 0 bridgehead atoms. The first-order chi connectivity index (χ1) is 6.68. The summed E-state index contributed by atoms with van der Waals surface area (Å²) in [5, 5.41) is 1.09. The molecule has 78 valence electrons. The van der Waals surface area contributed by atoms with Crippen LogP contribution in [0.1, 0.15) is 42.7 Å². The van der Waals surface area contributed by atoms with E-state index < -0.39 is 0 Å². The monoisotopic (exact) mass is 209 g/mol. The van der Waals surface area contributed by atoms with Gasteiger partial charge in [0.15, 0.2) is 0 Å². The Bertz CT molecular complexity index is 325. The topological polar surface area (TPSA) is 26.0 Å². The molecular weight excluding hydrogens is 190 g/mol. The highest BCUT2D eigenvalue weighted by atomic mass is 32.1. The van der Waals surface area contributed by atoms with Gasteiger partial charge in [-0.15, -0.1) is 11.3 Å². The fraction of sp³-hybridized carbons (Fsp3) is 0.667. The van der Waals surface area contributed by atoms with E-state index in [-0.39, 0.29) is 0 Å². The van der Waals surface area contributed by atoms with Gasteiger partial charge in [-0.05, 0) is 49.1 Å². The summed E-state index contributed by atoms with van der Waals surface area (Å²) in [4.78, 5) is 1.56. The minimum absolute atomic E-state index is 0.749. The van der Waals surface area contributed by atoms with E-state index in [4.69, 9.17) is 5.73 Å². The summed E-state index contributed by atoms with van der Waals surface area (Å²) in [7, 11) is 0. The summed E-state index contributed by atoms with van der Waals surface area (Å²) in [5.74, 6) is 0.749. The second-order valence-electron chi connectivity index (χ2n) is 4.65. The standard InChI is InChI=1S/C12H19NS/c1-8(2)7-11-9-5-3-4-6-10(9)12(13)14-11/h8H,3-7,13H2,1-2H3. The number of thiophene rings is 1. The molecule has 0 amide bonds. The molecule has 0 saturated heterocycles. The first-order valence-electron chi connectivity index (χ1n) is 5.57. The zero-order valence-corrected chi connectivity index (χ0v) is 9.91. The third-order valence-electron chi connectivity index (χ3n) is 2.93. The molecule has 2 heteroatoms. The largest absolute Gasteiger partial charge is 0.390 e. The van der Waals surface area contributed by atoms with Crippen molar-refractivity contribution < 1.29 is 0 Å². The third kappa shape index (κ3) is 1.81. The van der Waals surface area contributed by atoms with Gasteiger partial charge < -0.3 is 5.73 Å². The van der Waals surface area contributed by atoms with Crippen molar-refractivity contribution in [2.24, 2.45) is 5.92 Å². The number of anilines is 1. The normalized spacial score (nSPS) is 15.9. The van der Waals surface area contributed by atoms with Gasteiger partial charge in [0.05, 0.1) is 5.00 Å². The van der Waals surface area contributed by atoms with E-state index in [2.05, 4.69) is 13.8 Å². The first-order valence-corrected chi connectivity index (χ1v) is 6.39. The Morgan fingerprint density at radius 1 is 1.21 bits per heavy atom. The van der Waals surface area contributed by atoms with Crippen LogP contribution in [-0.4, -0.2) is 0 Å². The zero-order chi connectivity index (χ0) is 10.1. The van der Waals surface area contributed by atoms with E-state index in [1.807, 2.05) is 11.3 Å². The molecule has 1 aromatic heterocycles. The Morgan fingerprint density at radius 3 is 2.50 bits per heavy atom. The van der Waals surface area contributed by atoms with Gasteiger partial charge in [0.25, 0.3) is 0 Å². The SMILES string of the molecule is CC(C)Cc1sc(N)c2c1CCCC2. The molecule has 0 saturated carbocycles.